The maximum absolute atomic E-state index is 11.3. The molecule has 0 fully saturated rings. The van der Waals surface area contributed by atoms with Crippen LogP contribution in [0.4, 0.5) is 5.82 Å². The Kier molecular flexibility index (Phi) is 4.22. The average molecular weight is 281 g/mol. The van der Waals surface area contributed by atoms with Crippen molar-refractivity contribution in [1.29, 1.82) is 0 Å². The molecule has 0 saturated heterocycles. The van der Waals surface area contributed by atoms with Gasteiger partial charge in [-0.3, -0.25) is 0 Å². The fourth-order valence-electron chi connectivity index (χ4n) is 0.837. The van der Waals surface area contributed by atoms with Crippen molar-refractivity contribution in [2.75, 3.05) is 12.4 Å². The van der Waals surface area contributed by atoms with Gasteiger partial charge >= 0.3 is 5.97 Å². The predicted octanol–water partition coefficient (Wildman–Crippen LogP) is 1.23. The number of carbonyl (C=O) groups excluding carboxylic acids is 1. The Morgan fingerprint density at radius 1 is 1.44 bits per heavy atom. The molecule has 0 aliphatic carbocycles. The van der Waals surface area contributed by atoms with Crippen LogP contribution in [0.3, 0.4) is 0 Å². The van der Waals surface area contributed by atoms with Crippen molar-refractivity contribution >= 4 is 52.3 Å². The predicted molar refractivity (Wildman–Crippen MR) is 63.8 cm³/mol. The zero-order valence-corrected chi connectivity index (χ0v) is 10.3. The second-order valence-corrected chi connectivity index (χ2v) is 3.64. The van der Waals surface area contributed by atoms with Crippen LogP contribution in [-0.2, 0) is 4.74 Å². The summed E-state index contributed by atoms with van der Waals surface area (Å²) in [6.45, 7) is 0. The summed E-state index contributed by atoms with van der Waals surface area (Å²) in [5.74, 6) is -0.737. The minimum atomic E-state index is -0.732. The lowest BCUT2D eigenvalue weighted by Crippen LogP contribution is -2.22. The highest BCUT2D eigenvalue weighted by Crippen LogP contribution is 2.22. The van der Waals surface area contributed by atoms with Gasteiger partial charge in [0, 0.05) is 0 Å². The Balaban J connectivity index is 3.27. The molecule has 86 valence electrons. The van der Waals surface area contributed by atoms with E-state index in [2.05, 4.69) is 32.2 Å². The molecule has 1 aromatic heterocycles. The van der Waals surface area contributed by atoms with Crippen LogP contribution < -0.4 is 11.1 Å². The van der Waals surface area contributed by atoms with Gasteiger partial charge in [0.1, 0.15) is 0 Å². The zero-order chi connectivity index (χ0) is 12.3. The first-order valence-electron chi connectivity index (χ1n) is 3.83. The van der Waals surface area contributed by atoms with Crippen molar-refractivity contribution in [3.63, 3.8) is 0 Å². The van der Waals surface area contributed by atoms with Crippen molar-refractivity contribution in [3.05, 3.63) is 16.0 Å². The van der Waals surface area contributed by atoms with Crippen LogP contribution in [0.15, 0.2) is 0 Å². The van der Waals surface area contributed by atoms with E-state index in [0.29, 0.717) is 0 Å². The summed E-state index contributed by atoms with van der Waals surface area (Å²) in [5.41, 5.74) is 5.10. The molecule has 9 heteroatoms. The number of halogens is 2. The number of methoxy groups -OCH3 is 1. The first-order valence-corrected chi connectivity index (χ1v) is 5.00. The maximum Gasteiger partial charge on any atom is 0.360 e. The summed E-state index contributed by atoms with van der Waals surface area (Å²) in [4.78, 5) is 18.8. The van der Waals surface area contributed by atoms with E-state index in [0.717, 1.165) is 0 Å². The van der Waals surface area contributed by atoms with Gasteiger partial charge in [-0.2, -0.15) is 0 Å². The van der Waals surface area contributed by atoms with Crippen molar-refractivity contribution in [2.45, 2.75) is 0 Å². The molecule has 0 radical (unpaired) electrons. The van der Waals surface area contributed by atoms with Crippen LogP contribution in [-0.4, -0.2) is 28.2 Å². The highest BCUT2D eigenvalue weighted by Gasteiger charge is 2.18. The van der Waals surface area contributed by atoms with E-state index in [4.69, 9.17) is 28.9 Å². The molecule has 1 heterocycles. The maximum atomic E-state index is 11.3. The number of hydrogen-bond donors (Lipinski definition) is 2. The molecule has 6 nitrogen and oxygen atoms in total. The van der Waals surface area contributed by atoms with E-state index < -0.39 is 5.97 Å². The number of nitrogens with zero attached hydrogens (tertiary/aromatic N) is 2. The highest BCUT2D eigenvalue weighted by molar-refractivity contribution is 7.80. The Labute approximate surface area is 106 Å². The summed E-state index contributed by atoms with van der Waals surface area (Å²) in [7, 11) is 1.19. The molecule has 0 bridgehead atoms. The van der Waals surface area contributed by atoms with Crippen LogP contribution in [0.5, 0.6) is 0 Å². The van der Waals surface area contributed by atoms with E-state index in [1.807, 2.05) is 0 Å². The minimum Gasteiger partial charge on any atom is -0.464 e. The zero-order valence-electron chi connectivity index (χ0n) is 7.95. The van der Waals surface area contributed by atoms with Gasteiger partial charge in [0.25, 0.3) is 0 Å². The summed E-state index contributed by atoms with van der Waals surface area (Å²) >= 11 is 15.9. The van der Waals surface area contributed by atoms with E-state index in [1.165, 1.54) is 7.11 Å². The molecule has 1 aromatic rings. The van der Waals surface area contributed by atoms with Crippen LogP contribution in [0.25, 0.3) is 0 Å². The number of carbonyl (C=O) groups is 1. The molecule has 0 aliphatic rings. The number of nitrogens with one attached hydrogen (secondary N) is 1. The molecule has 1 rings (SSSR count). The molecule has 0 spiro atoms. The van der Waals surface area contributed by atoms with Crippen molar-refractivity contribution in [2.24, 2.45) is 5.73 Å². The molecule has 0 saturated carbocycles. The summed E-state index contributed by atoms with van der Waals surface area (Å²) in [6, 6.07) is 0. The normalized spacial score (nSPS) is 9.69. The van der Waals surface area contributed by atoms with Gasteiger partial charge in [-0.15, -0.1) is 0 Å². The molecular formula is C7H6Cl2N4O2S. The van der Waals surface area contributed by atoms with Crippen molar-refractivity contribution in [1.82, 2.24) is 9.97 Å². The molecule has 0 unspecified atom stereocenters. The SMILES string of the molecule is COC(=O)c1nc(Cl)c(Cl)nc1NC(N)=S. The number of hydrogen-bond acceptors (Lipinski definition) is 5. The van der Waals surface area contributed by atoms with Gasteiger partial charge in [0.05, 0.1) is 7.11 Å². The van der Waals surface area contributed by atoms with Crippen molar-refractivity contribution in [3.8, 4) is 0 Å². The molecule has 0 amide bonds. The summed E-state index contributed by atoms with van der Waals surface area (Å²) < 4.78 is 4.49. The van der Waals surface area contributed by atoms with Crippen LogP contribution in [0.1, 0.15) is 10.5 Å². The molecule has 0 atom stereocenters. The fraction of sp³-hybridized carbons (Fsp3) is 0.143. The van der Waals surface area contributed by atoms with E-state index in [1.54, 1.807) is 0 Å². The van der Waals surface area contributed by atoms with E-state index >= 15 is 0 Å². The quantitative estimate of drug-likeness (QED) is 0.622. The fourth-order valence-corrected chi connectivity index (χ4v) is 1.19. The molecular weight excluding hydrogens is 275 g/mol. The topological polar surface area (TPSA) is 90.1 Å². The number of anilines is 1. The first-order chi connectivity index (χ1) is 7.45. The number of nitrogens with two attached hydrogens (primary N) is 1. The molecule has 16 heavy (non-hydrogen) atoms. The second kappa shape index (κ2) is 5.24. The smallest absolute Gasteiger partial charge is 0.360 e. The Morgan fingerprint density at radius 2 is 2.00 bits per heavy atom. The van der Waals surface area contributed by atoms with E-state index in [-0.39, 0.29) is 26.9 Å². The number of rotatable bonds is 2. The summed E-state index contributed by atoms with van der Waals surface area (Å²) in [5, 5.41) is 2.17. The summed E-state index contributed by atoms with van der Waals surface area (Å²) in [6.07, 6.45) is 0. The minimum absolute atomic E-state index is 0.00579. The Hall–Kier alpha value is -1.18. The van der Waals surface area contributed by atoms with Crippen LogP contribution in [0, 0.1) is 0 Å². The lowest BCUT2D eigenvalue weighted by atomic mass is 10.4. The third-order valence-electron chi connectivity index (χ3n) is 1.43. The lowest BCUT2D eigenvalue weighted by molar-refractivity contribution is 0.0595. The largest absolute Gasteiger partial charge is 0.464 e. The van der Waals surface area contributed by atoms with Gasteiger partial charge in [0.15, 0.2) is 26.9 Å². The van der Waals surface area contributed by atoms with Crippen molar-refractivity contribution < 1.29 is 9.53 Å². The second-order valence-electron chi connectivity index (χ2n) is 2.48. The number of aromatic nitrogens is 2. The average Bonchev–Trinajstić information content (AvgIpc) is 2.21. The number of thiocarbonyl (C=S) groups is 1. The molecule has 3 N–H and O–H groups in total. The van der Waals surface area contributed by atoms with Gasteiger partial charge in [-0.25, -0.2) is 14.8 Å². The Bertz CT molecular complexity index is 454. The third kappa shape index (κ3) is 2.91. The Morgan fingerprint density at radius 3 is 2.50 bits per heavy atom. The van der Waals surface area contributed by atoms with Gasteiger partial charge in [-0.05, 0) is 12.2 Å². The lowest BCUT2D eigenvalue weighted by Gasteiger charge is -2.08. The molecule has 0 aromatic carbocycles. The van der Waals surface area contributed by atoms with E-state index in [9.17, 15) is 4.79 Å². The number of ether oxygens (including phenoxy) is 1. The standard InChI is InChI=1S/C7H6Cl2N4O2S/c1-15-6(14)2-5(13-7(10)16)12-4(9)3(8)11-2/h1H3,(H3,10,12,13,16). The molecule has 0 aliphatic heterocycles. The van der Waals surface area contributed by atoms with Crippen LogP contribution >= 0.6 is 35.4 Å². The first kappa shape index (κ1) is 12.9. The monoisotopic (exact) mass is 280 g/mol. The van der Waals surface area contributed by atoms with Gasteiger partial charge in [-0.1, -0.05) is 23.2 Å². The highest BCUT2D eigenvalue weighted by atomic mass is 35.5. The third-order valence-corrected chi connectivity index (χ3v) is 2.16. The van der Waals surface area contributed by atoms with Gasteiger partial charge in [0.2, 0.25) is 0 Å². The van der Waals surface area contributed by atoms with Gasteiger partial charge < -0.3 is 15.8 Å². The number of esters is 1. The van der Waals surface area contributed by atoms with Crippen LogP contribution in [0.2, 0.25) is 10.3 Å².